The van der Waals surface area contributed by atoms with Crippen LogP contribution >= 0.6 is 15.9 Å². The van der Waals surface area contributed by atoms with Gasteiger partial charge in [-0.25, -0.2) is 0 Å². The Morgan fingerprint density at radius 3 is 2.46 bits per heavy atom. The zero-order chi connectivity index (χ0) is 10.2. The van der Waals surface area contributed by atoms with E-state index in [-0.39, 0.29) is 11.4 Å². The number of hydrogen-bond acceptors (Lipinski definition) is 3. The van der Waals surface area contributed by atoms with Crippen molar-refractivity contribution in [2.24, 2.45) is 0 Å². The molecule has 0 aromatic heterocycles. The Balaban J connectivity index is 3.53. The van der Waals surface area contributed by atoms with Crippen LogP contribution in [0.3, 0.4) is 0 Å². The van der Waals surface area contributed by atoms with Crippen molar-refractivity contribution < 1.29 is 4.92 Å². The summed E-state index contributed by atoms with van der Waals surface area (Å²) in [5, 5.41) is 10.6. The maximum atomic E-state index is 10.6. The summed E-state index contributed by atoms with van der Waals surface area (Å²) in [5.74, 6) is 0. The molecule has 0 heterocycles. The molecule has 13 heavy (non-hydrogen) atoms. The zero-order valence-electron chi connectivity index (χ0n) is 7.30. The third kappa shape index (κ3) is 1.65. The molecule has 0 aliphatic heterocycles. The number of anilines is 1. The molecule has 1 rings (SSSR count). The lowest BCUT2D eigenvalue weighted by Gasteiger charge is -2.06. The van der Waals surface area contributed by atoms with Crippen LogP contribution in [0.2, 0.25) is 0 Å². The molecule has 0 unspecified atom stereocenters. The van der Waals surface area contributed by atoms with Gasteiger partial charge in [0.15, 0.2) is 0 Å². The molecule has 0 aliphatic rings. The smallest absolute Gasteiger partial charge is 0.295 e. The van der Waals surface area contributed by atoms with E-state index in [4.69, 9.17) is 5.73 Å². The average molecular weight is 245 g/mol. The van der Waals surface area contributed by atoms with E-state index >= 15 is 0 Å². The Kier molecular flexibility index (Phi) is 2.56. The van der Waals surface area contributed by atoms with E-state index in [2.05, 4.69) is 15.9 Å². The van der Waals surface area contributed by atoms with Crippen molar-refractivity contribution in [3.63, 3.8) is 0 Å². The molecular weight excluding hydrogens is 236 g/mol. The van der Waals surface area contributed by atoms with Gasteiger partial charge in [0.1, 0.15) is 5.69 Å². The van der Waals surface area contributed by atoms with Crippen LogP contribution in [0.4, 0.5) is 11.4 Å². The standard InChI is InChI=1S/C8H9BrN2O2/c1-4-5(2)8(11(12)13)7(10)3-6(4)9/h3H,10H2,1-2H3. The van der Waals surface area contributed by atoms with Gasteiger partial charge in [0.2, 0.25) is 0 Å². The lowest BCUT2D eigenvalue weighted by atomic mass is 10.1. The minimum absolute atomic E-state index is 0.000648. The highest BCUT2D eigenvalue weighted by Crippen LogP contribution is 2.33. The van der Waals surface area contributed by atoms with E-state index in [1.807, 2.05) is 6.92 Å². The molecular formula is C8H9BrN2O2. The summed E-state index contributed by atoms with van der Waals surface area (Å²) in [5.41, 5.74) is 7.17. The number of nitro groups is 1. The number of nitro benzene ring substituents is 1. The number of halogens is 1. The normalized spacial score (nSPS) is 10.1. The van der Waals surface area contributed by atoms with E-state index in [0.29, 0.717) is 5.56 Å². The van der Waals surface area contributed by atoms with Gasteiger partial charge in [-0.05, 0) is 25.5 Å². The van der Waals surface area contributed by atoms with Gasteiger partial charge >= 0.3 is 0 Å². The van der Waals surface area contributed by atoms with Crippen molar-refractivity contribution in [1.29, 1.82) is 0 Å². The van der Waals surface area contributed by atoms with E-state index in [1.165, 1.54) is 0 Å². The molecule has 4 nitrogen and oxygen atoms in total. The van der Waals surface area contributed by atoms with Crippen LogP contribution in [0, 0.1) is 24.0 Å². The van der Waals surface area contributed by atoms with Gasteiger partial charge in [0.05, 0.1) is 4.92 Å². The molecule has 2 N–H and O–H groups in total. The van der Waals surface area contributed by atoms with Gasteiger partial charge < -0.3 is 5.73 Å². The Bertz CT molecular complexity index is 377. The van der Waals surface area contributed by atoms with Crippen molar-refractivity contribution in [2.75, 3.05) is 5.73 Å². The van der Waals surface area contributed by atoms with Gasteiger partial charge in [-0.3, -0.25) is 10.1 Å². The summed E-state index contributed by atoms with van der Waals surface area (Å²) >= 11 is 3.28. The molecule has 0 fully saturated rings. The van der Waals surface area contributed by atoms with E-state index in [0.717, 1.165) is 10.0 Å². The predicted molar refractivity (Wildman–Crippen MR) is 54.7 cm³/mol. The summed E-state index contributed by atoms with van der Waals surface area (Å²) in [6, 6.07) is 1.56. The lowest BCUT2D eigenvalue weighted by Crippen LogP contribution is -2.00. The molecule has 1 aromatic carbocycles. The number of benzene rings is 1. The van der Waals surface area contributed by atoms with E-state index in [1.54, 1.807) is 13.0 Å². The fourth-order valence-electron chi connectivity index (χ4n) is 1.13. The second kappa shape index (κ2) is 3.33. The fourth-order valence-corrected chi connectivity index (χ4v) is 1.67. The average Bonchev–Trinajstić information content (AvgIpc) is 1.99. The van der Waals surface area contributed by atoms with E-state index in [9.17, 15) is 10.1 Å². The van der Waals surface area contributed by atoms with Gasteiger partial charge in [-0.2, -0.15) is 0 Å². The first-order valence-corrected chi connectivity index (χ1v) is 4.44. The lowest BCUT2D eigenvalue weighted by molar-refractivity contribution is -0.384. The van der Waals surface area contributed by atoms with Crippen molar-refractivity contribution in [2.45, 2.75) is 13.8 Å². The van der Waals surface area contributed by atoms with Crippen LogP contribution in [-0.4, -0.2) is 4.92 Å². The summed E-state index contributed by atoms with van der Waals surface area (Å²) in [4.78, 5) is 10.2. The molecule has 0 saturated carbocycles. The highest BCUT2D eigenvalue weighted by atomic mass is 79.9. The SMILES string of the molecule is Cc1c(Br)cc(N)c([N+](=O)[O-])c1C. The fraction of sp³-hybridized carbons (Fsp3) is 0.250. The minimum Gasteiger partial charge on any atom is -0.393 e. The predicted octanol–water partition coefficient (Wildman–Crippen LogP) is 2.56. The molecule has 0 aliphatic carbocycles. The summed E-state index contributed by atoms with van der Waals surface area (Å²) < 4.78 is 0.799. The van der Waals surface area contributed by atoms with Crippen LogP contribution in [0.25, 0.3) is 0 Å². The van der Waals surface area contributed by atoms with Crippen LogP contribution < -0.4 is 5.73 Å². The molecule has 0 atom stereocenters. The largest absolute Gasteiger partial charge is 0.393 e. The first-order valence-electron chi connectivity index (χ1n) is 3.64. The molecule has 70 valence electrons. The third-order valence-electron chi connectivity index (χ3n) is 2.01. The van der Waals surface area contributed by atoms with Gasteiger partial charge in [0.25, 0.3) is 5.69 Å². The molecule has 0 spiro atoms. The van der Waals surface area contributed by atoms with Gasteiger partial charge in [-0.1, -0.05) is 15.9 Å². The van der Waals surface area contributed by atoms with Crippen molar-refractivity contribution >= 4 is 27.3 Å². The first-order chi connectivity index (χ1) is 5.95. The molecule has 0 bridgehead atoms. The molecule has 0 radical (unpaired) electrons. The van der Waals surface area contributed by atoms with E-state index < -0.39 is 4.92 Å². The van der Waals surface area contributed by atoms with Gasteiger partial charge in [0, 0.05) is 10.0 Å². The summed E-state index contributed by atoms with van der Waals surface area (Å²) in [6.07, 6.45) is 0. The van der Waals surface area contributed by atoms with Crippen LogP contribution in [0.5, 0.6) is 0 Å². The Hall–Kier alpha value is -1.10. The van der Waals surface area contributed by atoms with Crippen LogP contribution in [-0.2, 0) is 0 Å². The van der Waals surface area contributed by atoms with Crippen molar-refractivity contribution in [1.82, 2.24) is 0 Å². The van der Waals surface area contributed by atoms with Crippen LogP contribution in [0.1, 0.15) is 11.1 Å². The maximum Gasteiger partial charge on any atom is 0.295 e. The Morgan fingerprint density at radius 1 is 1.46 bits per heavy atom. The monoisotopic (exact) mass is 244 g/mol. The topological polar surface area (TPSA) is 69.2 Å². The third-order valence-corrected chi connectivity index (χ3v) is 2.84. The molecule has 0 saturated heterocycles. The number of hydrogen-bond donors (Lipinski definition) is 1. The highest BCUT2D eigenvalue weighted by molar-refractivity contribution is 9.10. The van der Waals surface area contributed by atoms with Crippen molar-refractivity contribution in [3.05, 3.63) is 31.8 Å². The second-order valence-corrected chi connectivity index (χ2v) is 3.66. The number of nitrogens with two attached hydrogens (primary N) is 1. The number of nitrogen functional groups attached to an aromatic ring is 1. The Labute approximate surface area is 84.0 Å². The van der Waals surface area contributed by atoms with Gasteiger partial charge in [-0.15, -0.1) is 0 Å². The number of nitrogens with zero attached hydrogens (tertiary/aromatic N) is 1. The maximum absolute atomic E-state index is 10.6. The molecule has 5 heteroatoms. The van der Waals surface area contributed by atoms with Crippen molar-refractivity contribution in [3.8, 4) is 0 Å². The highest BCUT2D eigenvalue weighted by Gasteiger charge is 2.18. The quantitative estimate of drug-likeness (QED) is 0.469. The summed E-state index contributed by atoms with van der Waals surface area (Å²) in [6.45, 7) is 3.50. The zero-order valence-corrected chi connectivity index (χ0v) is 8.88. The first kappa shape index (κ1) is 9.98. The number of rotatable bonds is 1. The minimum atomic E-state index is -0.454. The Morgan fingerprint density at radius 2 is 2.00 bits per heavy atom. The molecule has 0 amide bonds. The van der Waals surface area contributed by atoms with Crippen LogP contribution in [0.15, 0.2) is 10.5 Å². The summed E-state index contributed by atoms with van der Waals surface area (Å²) in [7, 11) is 0. The second-order valence-electron chi connectivity index (χ2n) is 2.80. The molecule has 1 aromatic rings.